The first kappa shape index (κ1) is 21.6. The highest BCUT2D eigenvalue weighted by Crippen LogP contribution is 2.54. The lowest BCUT2D eigenvalue weighted by Crippen LogP contribution is -2.54. The molecule has 2 aromatic carbocycles. The van der Waals surface area contributed by atoms with Gasteiger partial charge in [0.1, 0.15) is 11.3 Å². The molecule has 0 aliphatic carbocycles. The summed E-state index contributed by atoms with van der Waals surface area (Å²) in [6, 6.07) is 10.1. The molecular formula is C26H29N3O4. The van der Waals surface area contributed by atoms with Gasteiger partial charge in [-0.25, -0.2) is 0 Å². The van der Waals surface area contributed by atoms with Crippen LogP contribution in [0.25, 0.3) is 0 Å². The highest BCUT2D eigenvalue weighted by Gasteiger charge is 2.70. The van der Waals surface area contributed by atoms with E-state index in [2.05, 4.69) is 10.6 Å². The number of carbonyl (C=O) groups is 3. The molecule has 3 aliphatic rings. The minimum absolute atomic E-state index is 0.164. The molecule has 0 radical (unpaired) electrons. The van der Waals surface area contributed by atoms with Gasteiger partial charge in [-0.15, -0.1) is 0 Å². The molecule has 3 aliphatic heterocycles. The van der Waals surface area contributed by atoms with Crippen molar-refractivity contribution in [3.05, 3.63) is 58.7 Å². The lowest BCUT2D eigenvalue weighted by atomic mass is 9.75. The molecule has 3 amide bonds. The van der Waals surface area contributed by atoms with Crippen LogP contribution in [-0.2, 0) is 26.3 Å². The van der Waals surface area contributed by atoms with Crippen molar-refractivity contribution >= 4 is 23.4 Å². The number of rotatable bonds is 4. The minimum atomic E-state index is -1.28. The Morgan fingerprint density at radius 1 is 1.06 bits per heavy atom. The third-order valence-electron chi connectivity index (χ3n) is 7.88. The zero-order chi connectivity index (χ0) is 23.7. The largest absolute Gasteiger partial charge is 0.508 e. The number of phenolic OH excluding ortho intramolecular Hbond substituents is 1. The van der Waals surface area contributed by atoms with Crippen molar-refractivity contribution in [1.82, 2.24) is 10.2 Å². The van der Waals surface area contributed by atoms with E-state index in [9.17, 15) is 19.5 Å². The maximum atomic E-state index is 13.8. The second-order valence-electron chi connectivity index (χ2n) is 9.62. The number of anilines is 1. The fourth-order valence-corrected chi connectivity index (χ4v) is 5.82. The second-order valence-corrected chi connectivity index (χ2v) is 9.62. The molecule has 5 atom stereocenters. The Balaban J connectivity index is 1.65. The van der Waals surface area contributed by atoms with Crippen molar-refractivity contribution in [1.29, 1.82) is 0 Å². The number of nitrogens with zero attached hydrogens (tertiary/aromatic N) is 1. The molecule has 7 heteroatoms. The summed E-state index contributed by atoms with van der Waals surface area (Å²) < 4.78 is 0. The van der Waals surface area contributed by atoms with Gasteiger partial charge < -0.3 is 10.4 Å². The summed E-state index contributed by atoms with van der Waals surface area (Å²) >= 11 is 0. The molecule has 1 spiro atoms. The van der Waals surface area contributed by atoms with E-state index in [1.165, 1.54) is 4.90 Å². The number of aryl methyl sites for hydroxylation is 1. The number of hydrogen-bond donors (Lipinski definition) is 3. The zero-order valence-electron chi connectivity index (χ0n) is 19.3. The van der Waals surface area contributed by atoms with Gasteiger partial charge in [-0.05, 0) is 62.4 Å². The number of hydrogen-bond acceptors (Lipinski definition) is 5. The molecule has 3 heterocycles. The van der Waals surface area contributed by atoms with Gasteiger partial charge in [-0.3, -0.25) is 24.6 Å². The number of benzene rings is 2. The molecule has 0 saturated carbocycles. The molecule has 5 rings (SSSR count). The summed E-state index contributed by atoms with van der Waals surface area (Å²) in [5.41, 5.74) is 3.13. The van der Waals surface area contributed by atoms with Crippen LogP contribution >= 0.6 is 0 Å². The SMILES string of the molecule is CC[C@H](C)N1C(=O)[C@@H]2[C@H](Cc3ccc(O)cc3)N[C@@]3(C(=O)Nc4c3ccc(C)c4C)[C@@H]2C1=O. The smallest absolute Gasteiger partial charge is 0.250 e. The van der Waals surface area contributed by atoms with Crippen molar-refractivity contribution in [3.8, 4) is 5.75 Å². The fraction of sp³-hybridized carbons (Fsp3) is 0.423. The van der Waals surface area contributed by atoms with Crippen molar-refractivity contribution in [2.24, 2.45) is 11.8 Å². The summed E-state index contributed by atoms with van der Waals surface area (Å²) in [6.45, 7) is 7.77. The Bertz CT molecular complexity index is 1170. The fourth-order valence-electron chi connectivity index (χ4n) is 5.82. The van der Waals surface area contributed by atoms with Crippen LogP contribution in [0.5, 0.6) is 5.75 Å². The number of carbonyl (C=O) groups excluding carboxylic acids is 3. The molecule has 7 nitrogen and oxygen atoms in total. The first-order valence-corrected chi connectivity index (χ1v) is 11.5. The maximum Gasteiger partial charge on any atom is 0.250 e. The number of likely N-dealkylation sites (tertiary alicyclic amines) is 1. The van der Waals surface area contributed by atoms with Crippen LogP contribution in [0.1, 0.15) is 42.5 Å². The van der Waals surface area contributed by atoms with Crippen LogP contribution in [0.3, 0.4) is 0 Å². The molecule has 0 unspecified atom stereocenters. The zero-order valence-corrected chi connectivity index (χ0v) is 19.3. The summed E-state index contributed by atoms with van der Waals surface area (Å²) in [6.07, 6.45) is 1.12. The third-order valence-corrected chi connectivity index (χ3v) is 7.88. The number of fused-ring (bicyclic) bond motifs is 4. The van der Waals surface area contributed by atoms with Gasteiger partial charge in [0.2, 0.25) is 17.7 Å². The summed E-state index contributed by atoms with van der Waals surface area (Å²) in [4.78, 5) is 42.4. The van der Waals surface area contributed by atoms with E-state index in [1.54, 1.807) is 24.3 Å². The minimum Gasteiger partial charge on any atom is -0.508 e. The highest BCUT2D eigenvalue weighted by atomic mass is 16.3. The van der Waals surface area contributed by atoms with E-state index >= 15 is 0 Å². The standard InChI is InChI=1S/C26H29N3O4/c1-5-14(3)29-23(31)20-19(12-16-7-9-17(30)10-8-16)28-26(21(20)24(29)32)18-11-6-13(2)15(4)22(18)27-25(26)33/h6-11,14,19-21,28,30H,5,12H2,1-4H3,(H,27,33)/t14-,19-,20+,21-,26+/m0/s1. The molecule has 2 aromatic rings. The van der Waals surface area contributed by atoms with Crippen molar-refractivity contribution < 1.29 is 19.5 Å². The number of phenols is 1. The van der Waals surface area contributed by atoms with E-state index in [0.717, 1.165) is 27.9 Å². The van der Waals surface area contributed by atoms with Crippen LogP contribution in [-0.4, -0.2) is 39.8 Å². The average molecular weight is 448 g/mol. The first-order valence-electron chi connectivity index (χ1n) is 11.5. The van der Waals surface area contributed by atoms with Crippen LogP contribution in [0, 0.1) is 25.7 Å². The Morgan fingerprint density at radius 3 is 2.42 bits per heavy atom. The molecule has 2 fully saturated rings. The van der Waals surface area contributed by atoms with Crippen LogP contribution in [0.15, 0.2) is 36.4 Å². The number of nitrogens with one attached hydrogen (secondary N) is 2. The number of amides is 3. The van der Waals surface area contributed by atoms with E-state index in [0.29, 0.717) is 12.8 Å². The maximum absolute atomic E-state index is 13.8. The lowest BCUT2D eigenvalue weighted by molar-refractivity contribution is -0.145. The molecule has 3 N–H and O–H groups in total. The third kappa shape index (κ3) is 2.88. The van der Waals surface area contributed by atoms with Crippen molar-refractivity contribution in [2.75, 3.05) is 5.32 Å². The van der Waals surface area contributed by atoms with E-state index in [-0.39, 0.29) is 29.5 Å². The lowest BCUT2D eigenvalue weighted by Gasteiger charge is -2.31. The molecule has 172 valence electrons. The Kier molecular flexibility index (Phi) is 4.86. The average Bonchev–Trinajstić information content (AvgIpc) is 3.37. The highest BCUT2D eigenvalue weighted by molar-refractivity contribution is 6.15. The van der Waals surface area contributed by atoms with Gasteiger partial charge in [0, 0.05) is 23.3 Å². The molecule has 33 heavy (non-hydrogen) atoms. The van der Waals surface area contributed by atoms with E-state index in [1.807, 2.05) is 39.8 Å². The monoisotopic (exact) mass is 447 g/mol. The van der Waals surface area contributed by atoms with Gasteiger partial charge in [0.05, 0.1) is 11.8 Å². The quantitative estimate of drug-likeness (QED) is 0.626. The topological polar surface area (TPSA) is 98.7 Å². The van der Waals surface area contributed by atoms with Crippen molar-refractivity contribution in [2.45, 2.75) is 58.2 Å². The van der Waals surface area contributed by atoms with E-state index < -0.39 is 23.4 Å². The number of imide groups is 1. The summed E-state index contributed by atoms with van der Waals surface area (Å²) in [5, 5.41) is 16.2. The van der Waals surface area contributed by atoms with E-state index in [4.69, 9.17) is 0 Å². The predicted molar refractivity (Wildman–Crippen MR) is 124 cm³/mol. The van der Waals surface area contributed by atoms with Crippen LogP contribution in [0.2, 0.25) is 0 Å². The van der Waals surface area contributed by atoms with Gasteiger partial charge in [-0.1, -0.05) is 31.2 Å². The van der Waals surface area contributed by atoms with Gasteiger partial charge in [-0.2, -0.15) is 0 Å². The Morgan fingerprint density at radius 2 is 1.76 bits per heavy atom. The summed E-state index contributed by atoms with van der Waals surface area (Å²) in [5.74, 6) is -2.04. The van der Waals surface area contributed by atoms with Crippen molar-refractivity contribution in [3.63, 3.8) is 0 Å². The summed E-state index contributed by atoms with van der Waals surface area (Å²) in [7, 11) is 0. The first-order chi connectivity index (χ1) is 15.7. The number of aromatic hydroxyl groups is 1. The predicted octanol–water partition coefficient (Wildman–Crippen LogP) is 2.77. The van der Waals surface area contributed by atoms with Crippen LogP contribution < -0.4 is 10.6 Å². The second kappa shape index (κ2) is 7.42. The molecular weight excluding hydrogens is 418 g/mol. The Labute approximate surface area is 193 Å². The Hall–Kier alpha value is -3.19. The molecule has 0 bridgehead atoms. The van der Waals surface area contributed by atoms with Gasteiger partial charge in [0.25, 0.3) is 0 Å². The van der Waals surface area contributed by atoms with Crippen LogP contribution in [0.4, 0.5) is 5.69 Å². The molecule has 2 saturated heterocycles. The van der Waals surface area contributed by atoms with Gasteiger partial charge in [0.15, 0.2) is 0 Å². The normalized spacial score (nSPS) is 28.9. The molecule has 0 aromatic heterocycles. The van der Waals surface area contributed by atoms with Gasteiger partial charge >= 0.3 is 0 Å².